The first-order chi connectivity index (χ1) is 28.0. The molecule has 7 rings (SSSR count). The van der Waals surface area contributed by atoms with E-state index in [0.29, 0.717) is 0 Å². The number of hydrogen-bond donors (Lipinski definition) is 2. The van der Waals surface area contributed by atoms with E-state index in [1.165, 1.54) is 36.4 Å². The predicted octanol–water partition coefficient (Wildman–Crippen LogP) is 3.86. The van der Waals surface area contributed by atoms with Gasteiger partial charge in [0, 0.05) is 0 Å². The van der Waals surface area contributed by atoms with E-state index in [1.807, 2.05) is 0 Å². The summed E-state index contributed by atoms with van der Waals surface area (Å²) in [6.07, 6.45) is -14.3. The van der Waals surface area contributed by atoms with Crippen LogP contribution in [0.3, 0.4) is 0 Å². The second-order valence-corrected chi connectivity index (χ2v) is 14.1. The van der Waals surface area contributed by atoms with Crippen LogP contribution in [0.25, 0.3) is 0 Å². The highest BCUT2D eigenvalue weighted by atomic mass is 16.9. The lowest BCUT2D eigenvalue weighted by molar-refractivity contribution is -0.322. The van der Waals surface area contributed by atoms with Crippen molar-refractivity contribution in [2.24, 2.45) is 0 Å². The van der Waals surface area contributed by atoms with Crippen LogP contribution in [-0.2, 0) is 42.6 Å². The third-order valence-electron chi connectivity index (χ3n) is 9.62. The van der Waals surface area contributed by atoms with Crippen LogP contribution in [0.2, 0.25) is 0 Å². The Balaban J connectivity index is 1.31. The van der Waals surface area contributed by atoms with Crippen molar-refractivity contribution in [3.8, 4) is 0 Å². The number of esters is 4. The molecule has 58 heavy (non-hydrogen) atoms. The fourth-order valence-electron chi connectivity index (χ4n) is 6.86. The third kappa shape index (κ3) is 9.27. The van der Waals surface area contributed by atoms with Gasteiger partial charge in [0.25, 0.3) is 0 Å². The number of aliphatic hydroxyl groups excluding tert-OH is 2. The first-order valence-electron chi connectivity index (χ1n) is 18.6. The zero-order valence-electron chi connectivity index (χ0n) is 31.4. The summed E-state index contributed by atoms with van der Waals surface area (Å²) in [7, 11) is 0. The van der Waals surface area contributed by atoms with Crippen LogP contribution in [-0.4, -0.2) is 115 Å². The SMILES string of the molecule is CC1(C)OC2[C@H](O[C@H](C(O)CO)[C@H]2OC2OC(COC(=O)c3ccccc3)C(OC(=O)c3ccccc3)C(OC(=O)c3ccccc3)C2OC(=O)c2ccccc2)O1. The summed E-state index contributed by atoms with van der Waals surface area (Å²) in [5.74, 6) is -4.54. The largest absolute Gasteiger partial charge is 0.459 e. The molecular weight excluding hydrogens is 756 g/mol. The molecule has 0 amide bonds. The Labute approximate surface area is 333 Å². The summed E-state index contributed by atoms with van der Waals surface area (Å²) in [6.45, 7) is 1.97. The summed E-state index contributed by atoms with van der Waals surface area (Å²) in [5.41, 5.74) is 0.555. The molecule has 7 unspecified atom stereocenters. The highest BCUT2D eigenvalue weighted by molar-refractivity contribution is 5.91. The van der Waals surface area contributed by atoms with Crippen LogP contribution in [0, 0.1) is 0 Å². The molecule has 3 aliphatic heterocycles. The summed E-state index contributed by atoms with van der Waals surface area (Å²) >= 11 is 0. The quantitative estimate of drug-likeness (QED) is 0.146. The van der Waals surface area contributed by atoms with Crippen molar-refractivity contribution in [1.29, 1.82) is 0 Å². The van der Waals surface area contributed by atoms with Crippen molar-refractivity contribution in [2.75, 3.05) is 13.2 Å². The fourth-order valence-corrected chi connectivity index (χ4v) is 6.86. The number of ether oxygens (including phenoxy) is 9. The molecule has 3 saturated heterocycles. The lowest BCUT2D eigenvalue weighted by Gasteiger charge is -2.45. The van der Waals surface area contributed by atoms with Crippen LogP contribution >= 0.6 is 0 Å². The number of benzene rings is 4. The molecule has 10 atom stereocenters. The van der Waals surface area contributed by atoms with Gasteiger partial charge in [0.05, 0.1) is 28.9 Å². The lowest BCUT2D eigenvalue weighted by atomic mass is 9.97. The molecule has 2 N–H and O–H groups in total. The molecule has 0 aliphatic carbocycles. The predicted molar refractivity (Wildman–Crippen MR) is 199 cm³/mol. The number of hydrogen-bond acceptors (Lipinski definition) is 15. The Morgan fingerprint density at radius 3 is 1.53 bits per heavy atom. The monoisotopic (exact) mass is 798 g/mol. The standard InChI is InChI=1S/C43H42O15/c1-43(2)57-36-33(31(29(45)23-44)55-42(36)58-43)56-41-35(54-40(49)28-21-13-6-14-22-28)34(53-39(48)27-19-11-5-12-20-27)32(52-38(47)26-17-9-4-10-18-26)30(51-41)24-50-37(46)25-15-7-3-8-16-25/h3-22,29-36,41-42,44-45H,23-24H2,1-2H3/t29?,30?,31-,32?,33-,34?,35?,36?,41?,42-/m1/s1. The molecule has 3 aliphatic rings. The summed E-state index contributed by atoms with van der Waals surface area (Å²) in [4.78, 5) is 54.9. The molecule has 3 heterocycles. The van der Waals surface area contributed by atoms with Crippen molar-refractivity contribution in [3.05, 3.63) is 144 Å². The topological polar surface area (TPSA) is 192 Å². The molecule has 0 aromatic heterocycles. The molecule has 0 bridgehead atoms. The molecule has 3 fully saturated rings. The van der Waals surface area contributed by atoms with Gasteiger partial charge in [-0.2, -0.15) is 0 Å². The van der Waals surface area contributed by atoms with Gasteiger partial charge in [0.2, 0.25) is 0 Å². The van der Waals surface area contributed by atoms with Crippen molar-refractivity contribution < 1.29 is 72.0 Å². The Morgan fingerprint density at radius 2 is 1.05 bits per heavy atom. The van der Waals surface area contributed by atoms with E-state index in [1.54, 1.807) is 98.8 Å². The van der Waals surface area contributed by atoms with Gasteiger partial charge >= 0.3 is 23.9 Å². The van der Waals surface area contributed by atoms with Crippen LogP contribution in [0.1, 0.15) is 55.3 Å². The maximum Gasteiger partial charge on any atom is 0.338 e. The van der Waals surface area contributed by atoms with Crippen LogP contribution < -0.4 is 0 Å². The van der Waals surface area contributed by atoms with Gasteiger partial charge in [-0.25, -0.2) is 19.2 Å². The van der Waals surface area contributed by atoms with E-state index in [2.05, 4.69) is 0 Å². The number of carbonyl (C=O) groups is 4. The summed E-state index contributed by atoms with van der Waals surface area (Å²) < 4.78 is 55.0. The highest BCUT2D eigenvalue weighted by Crippen LogP contribution is 2.42. The van der Waals surface area contributed by atoms with Crippen molar-refractivity contribution in [2.45, 2.75) is 81.0 Å². The fraction of sp³-hybridized carbons (Fsp3) is 0.349. The second kappa shape index (κ2) is 18.0. The first-order valence-corrected chi connectivity index (χ1v) is 18.6. The number of fused-ring (bicyclic) bond motifs is 1. The van der Waals surface area contributed by atoms with Crippen LogP contribution in [0.4, 0.5) is 0 Å². The zero-order valence-corrected chi connectivity index (χ0v) is 31.4. The van der Waals surface area contributed by atoms with Gasteiger partial charge in [-0.1, -0.05) is 72.8 Å². The first kappa shape index (κ1) is 40.7. The Kier molecular flexibility index (Phi) is 12.6. The average molecular weight is 799 g/mol. The van der Waals surface area contributed by atoms with Gasteiger partial charge < -0.3 is 52.8 Å². The van der Waals surface area contributed by atoms with Crippen molar-refractivity contribution in [3.63, 3.8) is 0 Å². The van der Waals surface area contributed by atoms with E-state index in [-0.39, 0.29) is 22.3 Å². The van der Waals surface area contributed by atoms with Crippen LogP contribution in [0.15, 0.2) is 121 Å². The molecule has 15 nitrogen and oxygen atoms in total. The molecule has 0 spiro atoms. The number of carbonyl (C=O) groups excluding carboxylic acids is 4. The maximum atomic E-state index is 13.9. The smallest absolute Gasteiger partial charge is 0.338 e. The molecule has 0 radical (unpaired) electrons. The average Bonchev–Trinajstić information content (AvgIpc) is 3.73. The minimum absolute atomic E-state index is 0.108. The van der Waals surface area contributed by atoms with E-state index >= 15 is 0 Å². The van der Waals surface area contributed by atoms with Gasteiger partial charge in [-0.05, 0) is 62.4 Å². The normalized spacial score (nSPS) is 27.8. The molecule has 4 aromatic carbocycles. The summed E-state index contributed by atoms with van der Waals surface area (Å²) in [5, 5.41) is 20.9. The minimum Gasteiger partial charge on any atom is -0.459 e. The van der Waals surface area contributed by atoms with E-state index < -0.39 is 104 Å². The Hall–Kier alpha value is -5.52. The van der Waals surface area contributed by atoms with Gasteiger partial charge in [-0.3, -0.25) is 0 Å². The minimum atomic E-state index is -1.72. The van der Waals surface area contributed by atoms with E-state index in [0.717, 1.165) is 0 Å². The lowest BCUT2D eigenvalue weighted by Crippen LogP contribution is -2.64. The zero-order chi connectivity index (χ0) is 40.8. The van der Waals surface area contributed by atoms with Gasteiger partial charge in [0.15, 0.2) is 36.7 Å². The molecular formula is C43H42O15. The Bertz CT molecular complexity index is 2010. The van der Waals surface area contributed by atoms with Crippen LogP contribution in [0.5, 0.6) is 0 Å². The molecule has 304 valence electrons. The Morgan fingerprint density at radius 1 is 0.603 bits per heavy atom. The third-order valence-corrected chi connectivity index (χ3v) is 9.62. The van der Waals surface area contributed by atoms with Crippen molar-refractivity contribution in [1.82, 2.24) is 0 Å². The maximum absolute atomic E-state index is 13.9. The molecule has 0 saturated carbocycles. The van der Waals surface area contributed by atoms with Gasteiger partial charge in [-0.15, -0.1) is 0 Å². The number of rotatable bonds is 13. The van der Waals surface area contributed by atoms with Crippen molar-refractivity contribution >= 4 is 23.9 Å². The van der Waals surface area contributed by atoms with Gasteiger partial charge in [0.1, 0.15) is 37.1 Å². The molecule has 4 aromatic rings. The van der Waals surface area contributed by atoms with E-state index in [4.69, 9.17) is 42.6 Å². The second-order valence-electron chi connectivity index (χ2n) is 14.1. The molecule has 15 heteroatoms. The summed E-state index contributed by atoms with van der Waals surface area (Å²) in [6, 6.07) is 32.0. The number of aliphatic hydroxyl groups is 2. The highest BCUT2D eigenvalue weighted by Gasteiger charge is 2.60. The van der Waals surface area contributed by atoms with E-state index in [9.17, 15) is 29.4 Å².